The largest absolute Gasteiger partial charge is 0.403 e. The van der Waals surface area contributed by atoms with Gasteiger partial charge in [0.05, 0.1) is 0 Å². The summed E-state index contributed by atoms with van der Waals surface area (Å²) >= 11 is 0. The zero-order valence-electron chi connectivity index (χ0n) is 12.7. The minimum atomic E-state index is -1.79. The van der Waals surface area contributed by atoms with Crippen molar-refractivity contribution < 1.29 is 4.43 Å². The molecule has 1 atom stereocenters. The van der Waals surface area contributed by atoms with Crippen LogP contribution < -0.4 is 0 Å². The van der Waals surface area contributed by atoms with Crippen LogP contribution in [0.15, 0.2) is 0 Å². The van der Waals surface area contributed by atoms with E-state index >= 15 is 0 Å². The van der Waals surface area contributed by atoms with Crippen molar-refractivity contribution in [2.45, 2.75) is 84.0 Å². The standard InChI is InChI=1S/C15H30OSi/c1-9-11-15(10-2)16-17(12(3)4,13(5)6)14(7)8/h2,12-15H,9,11H2,1,3-8H3/t15-/m1/s1. The number of rotatable bonds is 7. The molecule has 1 nitrogen and oxygen atoms in total. The number of hydrogen-bond acceptors (Lipinski definition) is 1. The lowest BCUT2D eigenvalue weighted by molar-refractivity contribution is 0.214. The monoisotopic (exact) mass is 254 g/mol. The lowest BCUT2D eigenvalue weighted by Crippen LogP contribution is -2.50. The number of terminal acetylenes is 1. The highest BCUT2D eigenvalue weighted by Crippen LogP contribution is 2.43. The van der Waals surface area contributed by atoms with Gasteiger partial charge in [-0.15, -0.1) is 6.42 Å². The third-order valence-corrected chi connectivity index (χ3v) is 9.90. The molecule has 100 valence electrons. The van der Waals surface area contributed by atoms with E-state index in [1.165, 1.54) is 0 Å². The summed E-state index contributed by atoms with van der Waals surface area (Å²) in [4.78, 5) is 0. The van der Waals surface area contributed by atoms with Crippen LogP contribution in [0.4, 0.5) is 0 Å². The molecule has 0 unspecified atom stereocenters. The average Bonchev–Trinajstić information content (AvgIpc) is 2.22. The van der Waals surface area contributed by atoms with Gasteiger partial charge in [-0.05, 0) is 23.0 Å². The Morgan fingerprint density at radius 3 is 1.65 bits per heavy atom. The molecule has 0 aliphatic rings. The van der Waals surface area contributed by atoms with Crippen molar-refractivity contribution in [2.75, 3.05) is 0 Å². The second-order valence-electron chi connectivity index (χ2n) is 5.88. The molecular weight excluding hydrogens is 224 g/mol. The van der Waals surface area contributed by atoms with Crippen LogP contribution in [0.2, 0.25) is 16.6 Å². The zero-order chi connectivity index (χ0) is 13.6. The van der Waals surface area contributed by atoms with Gasteiger partial charge in [-0.2, -0.15) is 0 Å². The summed E-state index contributed by atoms with van der Waals surface area (Å²) in [5.74, 6) is 2.84. The Labute approximate surface area is 109 Å². The zero-order valence-corrected chi connectivity index (χ0v) is 13.7. The molecule has 0 heterocycles. The van der Waals surface area contributed by atoms with Gasteiger partial charge in [0.25, 0.3) is 0 Å². The molecule has 0 N–H and O–H groups in total. The minimum absolute atomic E-state index is 0.0128. The van der Waals surface area contributed by atoms with Crippen LogP contribution in [-0.4, -0.2) is 14.4 Å². The van der Waals surface area contributed by atoms with Crippen LogP contribution in [0.3, 0.4) is 0 Å². The van der Waals surface area contributed by atoms with Crippen LogP contribution in [0, 0.1) is 12.3 Å². The Morgan fingerprint density at radius 1 is 1.00 bits per heavy atom. The van der Waals surface area contributed by atoms with Gasteiger partial charge >= 0.3 is 0 Å². The van der Waals surface area contributed by atoms with Gasteiger partial charge in [-0.3, -0.25) is 0 Å². The van der Waals surface area contributed by atoms with Gasteiger partial charge < -0.3 is 4.43 Å². The normalized spacial score (nSPS) is 14.4. The second-order valence-corrected chi connectivity index (χ2v) is 11.3. The van der Waals surface area contributed by atoms with Crippen molar-refractivity contribution in [1.29, 1.82) is 0 Å². The Hall–Kier alpha value is -0.263. The first-order valence-corrected chi connectivity index (χ1v) is 9.10. The van der Waals surface area contributed by atoms with E-state index in [1.807, 2.05) is 0 Å². The predicted octanol–water partition coefficient (Wildman–Crippen LogP) is 4.98. The van der Waals surface area contributed by atoms with Crippen molar-refractivity contribution in [1.82, 2.24) is 0 Å². The molecule has 2 heteroatoms. The molecule has 0 saturated heterocycles. The summed E-state index contributed by atoms with van der Waals surface area (Å²) < 4.78 is 6.51. The topological polar surface area (TPSA) is 9.23 Å². The molecule has 17 heavy (non-hydrogen) atoms. The Balaban J connectivity index is 5.11. The highest BCUT2D eigenvalue weighted by atomic mass is 28.4. The van der Waals surface area contributed by atoms with Crippen LogP contribution in [0.5, 0.6) is 0 Å². The summed E-state index contributed by atoms with van der Waals surface area (Å²) in [5, 5.41) is 0. The molecule has 0 saturated carbocycles. The maximum Gasteiger partial charge on any atom is 0.202 e. The van der Waals surface area contributed by atoms with Gasteiger partial charge in [0.15, 0.2) is 0 Å². The first kappa shape index (κ1) is 16.7. The van der Waals surface area contributed by atoms with E-state index in [4.69, 9.17) is 10.8 Å². The van der Waals surface area contributed by atoms with Gasteiger partial charge in [-0.25, -0.2) is 0 Å². The molecular formula is C15H30OSi. The van der Waals surface area contributed by atoms with E-state index in [1.54, 1.807) is 0 Å². The van der Waals surface area contributed by atoms with E-state index in [9.17, 15) is 0 Å². The summed E-state index contributed by atoms with van der Waals surface area (Å²) in [6.07, 6.45) is 7.70. The molecule has 0 bridgehead atoms. The predicted molar refractivity (Wildman–Crippen MR) is 79.7 cm³/mol. The third-order valence-electron chi connectivity index (χ3n) is 3.79. The summed E-state index contributed by atoms with van der Waals surface area (Å²) in [6.45, 7) is 15.9. The molecule has 0 fully saturated rings. The molecule has 0 rings (SSSR count). The molecule has 0 radical (unpaired) electrons. The van der Waals surface area contributed by atoms with E-state index in [2.05, 4.69) is 54.4 Å². The Bertz CT molecular complexity index is 228. The Kier molecular flexibility index (Phi) is 7.12. The Morgan fingerprint density at radius 2 is 1.41 bits per heavy atom. The van der Waals surface area contributed by atoms with Crippen molar-refractivity contribution in [3.8, 4) is 12.3 Å². The quantitative estimate of drug-likeness (QED) is 0.460. The molecule has 0 aromatic carbocycles. The van der Waals surface area contributed by atoms with Crippen molar-refractivity contribution >= 4 is 8.32 Å². The van der Waals surface area contributed by atoms with Crippen molar-refractivity contribution in [3.63, 3.8) is 0 Å². The highest BCUT2D eigenvalue weighted by Gasteiger charge is 2.46. The molecule has 0 aromatic rings. The smallest absolute Gasteiger partial charge is 0.202 e. The van der Waals surface area contributed by atoms with Crippen LogP contribution >= 0.6 is 0 Å². The highest BCUT2D eigenvalue weighted by molar-refractivity contribution is 6.77. The van der Waals surface area contributed by atoms with E-state index in [0.29, 0.717) is 16.6 Å². The van der Waals surface area contributed by atoms with E-state index < -0.39 is 8.32 Å². The van der Waals surface area contributed by atoms with E-state index in [-0.39, 0.29) is 6.10 Å². The van der Waals surface area contributed by atoms with Crippen LogP contribution in [-0.2, 0) is 4.43 Å². The molecule has 0 aliphatic carbocycles. The fraction of sp³-hybridized carbons (Fsp3) is 0.867. The van der Waals surface area contributed by atoms with Gasteiger partial charge in [0.2, 0.25) is 8.32 Å². The molecule has 0 spiro atoms. The minimum Gasteiger partial charge on any atom is -0.403 e. The van der Waals surface area contributed by atoms with Crippen LogP contribution in [0.1, 0.15) is 61.3 Å². The fourth-order valence-electron chi connectivity index (χ4n) is 3.09. The summed E-state index contributed by atoms with van der Waals surface area (Å²) in [6, 6.07) is 0. The fourth-order valence-corrected chi connectivity index (χ4v) is 8.59. The lowest BCUT2D eigenvalue weighted by atomic mass is 10.2. The molecule has 0 amide bonds. The first-order chi connectivity index (χ1) is 7.82. The summed E-state index contributed by atoms with van der Waals surface area (Å²) in [7, 11) is -1.79. The van der Waals surface area contributed by atoms with Crippen molar-refractivity contribution in [2.24, 2.45) is 0 Å². The lowest BCUT2D eigenvalue weighted by Gasteiger charge is -2.43. The van der Waals surface area contributed by atoms with Crippen LogP contribution in [0.25, 0.3) is 0 Å². The SMILES string of the molecule is C#C[C@H](CCC)O[Si](C(C)C)(C(C)C)C(C)C. The number of hydrogen-bond donors (Lipinski definition) is 0. The summed E-state index contributed by atoms with van der Waals surface area (Å²) in [5.41, 5.74) is 1.82. The van der Waals surface area contributed by atoms with Crippen molar-refractivity contribution in [3.05, 3.63) is 0 Å². The average molecular weight is 254 g/mol. The molecule has 0 aromatic heterocycles. The van der Waals surface area contributed by atoms with Gasteiger partial charge in [0.1, 0.15) is 6.10 Å². The maximum atomic E-state index is 6.51. The van der Waals surface area contributed by atoms with E-state index in [0.717, 1.165) is 12.8 Å². The third kappa shape index (κ3) is 3.86. The second kappa shape index (κ2) is 7.23. The van der Waals surface area contributed by atoms with Gasteiger partial charge in [0, 0.05) is 0 Å². The maximum absolute atomic E-state index is 6.51. The van der Waals surface area contributed by atoms with Gasteiger partial charge in [-0.1, -0.05) is 60.8 Å². The first-order valence-electron chi connectivity index (χ1n) is 6.96. The molecule has 0 aliphatic heterocycles.